The molecule has 0 N–H and O–H groups in total. The lowest BCUT2D eigenvalue weighted by Crippen LogP contribution is -2.23. The Kier molecular flexibility index (Phi) is 3.29. The van der Waals surface area contributed by atoms with Crippen LogP contribution in [0.15, 0.2) is 12.2 Å². The molecule has 2 unspecified atom stereocenters. The SMILES string of the molecule is CC(C#N)CCCC1(C)C=CC(=O)O1. The maximum absolute atomic E-state index is 10.9. The van der Waals surface area contributed by atoms with Crippen LogP contribution < -0.4 is 0 Å². The van der Waals surface area contributed by atoms with E-state index in [-0.39, 0.29) is 11.9 Å². The molecule has 0 aliphatic carbocycles. The predicted octanol–water partition coefficient (Wildman–Crippen LogP) is 2.19. The molecule has 0 radical (unpaired) electrons. The number of hydrogen-bond donors (Lipinski definition) is 0. The Labute approximate surface area is 84.4 Å². The molecule has 1 rings (SSSR count). The maximum atomic E-state index is 10.9. The Morgan fingerprint density at radius 1 is 1.71 bits per heavy atom. The maximum Gasteiger partial charge on any atom is 0.331 e. The number of esters is 1. The predicted molar refractivity (Wildman–Crippen MR) is 52.3 cm³/mol. The fraction of sp³-hybridized carbons (Fsp3) is 0.636. The molecular weight excluding hydrogens is 178 g/mol. The monoisotopic (exact) mass is 193 g/mol. The molecular formula is C11H15NO2. The molecule has 0 aromatic rings. The van der Waals surface area contributed by atoms with Gasteiger partial charge >= 0.3 is 5.97 Å². The van der Waals surface area contributed by atoms with Gasteiger partial charge in [0.15, 0.2) is 0 Å². The minimum atomic E-state index is -0.438. The molecule has 3 heteroatoms. The van der Waals surface area contributed by atoms with Gasteiger partial charge in [-0.25, -0.2) is 4.79 Å². The third-order valence-electron chi connectivity index (χ3n) is 2.44. The van der Waals surface area contributed by atoms with Gasteiger partial charge in [-0.3, -0.25) is 0 Å². The summed E-state index contributed by atoms with van der Waals surface area (Å²) in [6.07, 6.45) is 5.82. The van der Waals surface area contributed by atoms with Crippen LogP contribution in [0.1, 0.15) is 33.1 Å². The summed E-state index contributed by atoms with van der Waals surface area (Å²) in [5.41, 5.74) is -0.438. The van der Waals surface area contributed by atoms with Crippen molar-refractivity contribution in [2.24, 2.45) is 5.92 Å². The van der Waals surface area contributed by atoms with Crippen molar-refractivity contribution in [3.8, 4) is 6.07 Å². The molecule has 0 aromatic heterocycles. The molecule has 0 spiro atoms. The zero-order chi connectivity index (χ0) is 10.6. The van der Waals surface area contributed by atoms with Crippen LogP contribution in [0.5, 0.6) is 0 Å². The average molecular weight is 193 g/mol. The fourth-order valence-corrected chi connectivity index (χ4v) is 1.50. The zero-order valence-electron chi connectivity index (χ0n) is 8.62. The van der Waals surface area contributed by atoms with E-state index in [0.29, 0.717) is 0 Å². The zero-order valence-corrected chi connectivity index (χ0v) is 8.62. The minimum Gasteiger partial charge on any atom is -0.452 e. The van der Waals surface area contributed by atoms with Gasteiger partial charge in [0.05, 0.1) is 6.07 Å². The van der Waals surface area contributed by atoms with Crippen LogP contribution in [0, 0.1) is 17.2 Å². The molecule has 0 amide bonds. The second-order valence-electron chi connectivity index (χ2n) is 3.99. The number of rotatable bonds is 4. The number of carbonyl (C=O) groups excluding carboxylic acids is 1. The first-order valence-corrected chi connectivity index (χ1v) is 4.87. The molecule has 1 heterocycles. The van der Waals surface area contributed by atoms with E-state index < -0.39 is 5.60 Å². The third kappa shape index (κ3) is 2.88. The van der Waals surface area contributed by atoms with Crippen LogP contribution in [-0.2, 0) is 9.53 Å². The van der Waals surface area contributed by atoms with Crippen molar-refractivity contribution in [2.45, 2.75) is 38.7 Å². The highest BCUT2D eigenvalue weighted by Crippen LogP contribution is 2.26. The van der Waals surface area contributed by atoms with Crippen LogP contribution in [0.2, 0.25) is 0 Å². The molecule has 76 valence electrons. The molecule has 2 atom stereocenters. The molecule has 0 saturated carbocycles. The number of cyclic esters (lactones) is 1. The molecule has 1 aliphatic rings. The molecule has 0 aromatic carbocycles. The fourth-order valence-electron chi connectivity index (χ4n) is 1.50. The minimum absolute atomic E-state index is 0.0830. The highest BCUT2D eigenvalue weighted by atomic mass is 16.6. The first-order valence-electron chi connectivity index (χ1n) is 4.87. The number of ether oxygens (including phenoxy) is 1. The van der Waals surface area contributed by atoms with Crippen molar-refractivity contribution >= 4 is 5.97 Å². The van der Waals surface area contributed by atoms with Gasteiger partial charge in [-0.1, -0.05) is 0 Å². The van der Waals surface area contributed by atoms with Gasteiger partial charge in [-0.15, -0.1) is 0 Å². The van der Waals surface area contributed by atoms with Crippen molar-refractivity contribution in [2.75, 3.05) is 0 Å². The summed E-state index contributed by atoms with van der Waals surface area (Å²) in [5.74, 6) is -0.180. The number of hydrogen-bond acceptors (Lipinski definition) is 3. The van der Waals surface area contributed by atoms with E-state index in [4.69, 9.17) is 10.00 Å². The molecule has 0 bridgehead atoms. The summed E-state index contributed by atoms with van der Waals surface area (Å²) in [4.78, 5) is 10.9. The van der Waals surface area contributed by atoms with Gasteiger partial charge < -0.3 is 4.74 Å². The lowest BCUT2D eigenvalue weighted by atomic mass is 9.96. The molecule has 14 heavy (non-hydrogen) atoms. The molecule has 1 aliphatic heterocycles. The lowest BCUT2D eigenvalue weighted by Gasteiger charge is -2.21. The largest absolute Gasteiger partial charge is 0.452 e. The van der Waals surface area contributed by atoms with E-state index in [1.54, 1.807) is 6.08 Å². The Morgan fingerprint density at radius 3 is 2.93 bits per heavy atom. The van der Waals surface area contributed by atoms with Crippen LogP contribution in [0.3, 0.4) is 0 Å². The highest BCUT2D eigenvalue weighted by molar-refractivity contribution is 5.85. The highest BCUT2D eigenvalue weighted by Gasteiger charge is 2.29. The first-order chi connectivity index (χ1) is 6.56. The van der Waals surface area contributed by atoms with Crippen molar-refractivity contribution in [3.05, 3.63) is 12.2 Å². The Hall–Kier alpha value is -1.30. The van der Waals surface area contributed by atoms with Gasteiger partial charge in [0, 0.05) is 12.0 Å². The van der Waals surface area contributed by atoms with Crippen LogP contribution >= 0.6 is 0 Å². The Bertz CT molecular complexity index is 290. The topological polar surface area (TPSA) is 50.1 Å². The summed E-state index contributed by atoms with van der Waals surface area (Å²) in [5, 5.41) is 8.58. The first kappa shape index (κ1) is 10.8. The van der Waals surface area contributed by atoms with Crippen LogP contribution in [0.4, 0.5) is 0 Å². The third-order valence-corrected chi connectivity index (χ3v) is 2.44. The number of nitriles is 1. The van der Waals surface area contributed by atoms with Gasteiger partial charge in [-0.05, 0) is 39.2 Å². The number of carbonyl (C=O) groups is 1. The van der Waals surface area contributed by atoms with E-state index in [9.17, 15) is 4.79 Å². The standard InChI is InChI=1S/C11H15NO2/c1-9(8-12)4-3-6-11(2)7-5-10(13)14-11/h5,7,9H,3-4,6H2,1-2H3. The normalized spacial score (nSPS) is 27.1. The van der Waals surface area contributed by atoms with Gasteiger partial charge in [0.25, 0.3) is 0 Å². The van der Waals surface area contributed by atoms with Gasteiger partial charge in [0.1, 0.15) is 5.60 Å². The van der Waals surface area contributed by atoms with E-state index in [2.05, 4.69) is 6.07 Å². The van der Waals surface area contributed by atoms with Crippen molar-refractivity contribution in [1.82, 2.24) is 0 Å². The second kappa shape index (κ2) is 4.28. The smallest absolute Gasteiger partial charge is 0.331 e. The average Bonchev–Trinajstić information content (AvgIpc) is 2.46. The van der Waals surface area contributed by atoms with Crippen molar-refractivity contribution < 1.29 is 9.53 Å². The summed E-state index contributed by atoms with van der Waals surface area (Å²) in [7, 11) is 0. The molecule has 0 fully saturated rings. The Balaban J connectivity index is 2.29. The van der Waals surface area contributed by atoms with Gasteiger partial charge in [0.2, 0.25) is 0 Å². The Morgan fingerprint density at radius 2 is 2.43 bits per heavy atom. The van der Waals surface area contributed by atoms with E-state index in [0.717, 1.165) is 19.3 Å². The number of nitrogens with zero attached hydrogens (tertiary/aromatic N) is 1. The summed E-state index contributed by atoms with van der Waals surface area (Å²) in [6.45, 7) is 3.80. The summed E-state index contributed by atoms with van der Waals surface area (Å²) in [6, 6.07) is 2.19. The van der Waals surface area contributed by atoms with Crippen molar-refractivity contribution in [3.63, 3.8) is 0 Å². The molecule has 0 saturated heterocycles. The lowest BCUT2D eigenvalue weighted by molar-refractivity contribution is -0.144. The van der Waals surface area contributed by atoms with Crippen LogP contribution in [-0.4, -0.2) is 11.6 Å². The van der Waals surface area contributed by atoms with Crippen LogP contribution in [0.25, 0.3) is 0 Å². The summed E-state index contributed by atoms with van der Waals surface area (Å²) < 4.78 is 5.13. The van der Waals surface area contributed by atoms with Crippen molar-refractivity contribution in [1.29, 1.82) is 5.26 Å². The van der Waals surface area contributed by atoms with E-state index in [1.807, 2.05) is 13.8 Å². The quantitative estimate of drug-likeness (QED) is 0.643. The second-order valence-corrected chi connectivity index (χ2v) is 3.99. The van der Waals surface area contributed by atoms with Gasteiger partial charge in [-0.2, -0.15) is 5.26 Å². The van der Waals surface area contributed by atoms with E-state index in [1.165, 1.54) is 6.08 Å². The molecule has 3 nitrogen and oxygen atoms in total. The summed E-state index contributed by atoms with van der Waals surface area (Å²) >= 11 is 0. The van der Waals surface area contributed by atoms with E-state index >= 15 is 0 Å².